The Morgan fingerprint density at radius 3 is 3.05 bits per heavy atom. The average Bonchev–Trinajstić information content (AvgIpc) is 3.15. The standard InChI is InChI=1S/C13H13F2N3O2S.ClH/c14-13(15)4-9(17-7-13)11(19)16-5-8-6-21-12(18-8)10-2-1-3-20-10;/h1-3,6,9,17H,4-5,7H2,(H,16,19);1H. The van der Waals surface area contributed by atoms with Crippen LogP contribution in [0.3, 0.4) is 0 Å². The molecule has 0 saturated carbocycles. The molecule has 2 aromatic heterocycles. The minimum absolute atomic E-state index is 0. The second-order valence-corrected chi connectivity index (χ2v) is 5.69. The van der Waals surface area contributed by atoms with Crippen molar-refractivity contribution >= 4 is 29.7 Å². The Bertz CT molecular complexity index is 633. The second-order valence-electron chi connectivity index (χ2n) is 4.83. The number of nitrogens with one attached hydrogen (secondary N) is 2. The van der Waals surface area contributed by atoms with Gasteiger partial charge in [0.15, 0.2) is 10.8 Å². The van der Waals surface area contributed by atoms with Crippen LogP contribution in [0.4, 0.5) is 8.78 Å². The highest BCUT2D eigenvalue weighted by molar-refractivity contribution is 7.13. The number of rotatable bonds is 4. The molecule has 1 amide bonds. The van der Waals surface area contributed by atoms with E-state index < -0.39 is 30.8 Å². The maximum absolute atomic E-state index is 13.0. The van der Waals surface area contributed by atoms with Gasteiger partial charge in [0.1, 0.15) is 0 Å². The van der Waals surface area contributed by atoms with Crippen molar-refractivity contribution < 1.29 is 18.0 Å². The summed E-state index contributed by atoms with van der Waals surface area (Å²) < 4.78 is 31.3. The summed E-state index contributed by atoms with van der Waals surface area (Å²) in [6.07, 6.45) is 1.09. The van der Waals surface area contributed by atoms with Gasteiger partial charge in [-0.1, -0.05) is 0 Å². The maximum Gasteiger partial charge on any atom is 0.262 e. The zero-order chi connectivity index (χ0) is 14.9. The van der Waals surface area contributed by atoms with E-state index in [0.29, 0.717) is 11.5 Å². The fourth-order valence-corrected chi connectivity index (χ4v) is 2.89. The lowest BCUT2D eigenvalue weighted by Gasteiger charge is -2.10. The highest BCUT2D eigenvalue weighted by atomic mass is 35.5. The van der Waals surface area contributed by atoms with Gasteiger partial charge in [-0.05, 0) is 12.1 Å². The number of alkyl halides is 2. The summed E-state index contributed by atoms with van der Waals surface area (Å²) in [7, 11) is 0. The van der Waals surface area contributed by atoms with Gasteiger partial charge in [-0.15, -0.1) is 23.7 Å². The third kappa shape index (κ3) is 3.82. The lowest BCUT2D eigenvalue weighted by Crippen LogP contribution is -2.40. The van der Waals surface area contributed by atoms with Crippen molar-refractivity contribution in [3.05, 3.63) is 29.5 Å². The van der Waals surface area contributed by atoms with Gasteiger partial charge in [0.25, 0.3) is 5.92 Å². The van der Waals surface area contributed by atoms with Crippen molar-refractivity contribution in [3.8, 4) is 10.8 Å². The van der Waals surface area contributed by atoms with E-state index >= 15 is 0 Å². The number of thiazole rings is 1. The number of nitrogens with zero attached hydrogens (tertiary/aromatic N) is 1. The van der Waals surface area contributed by atoms with E-state index in [9.17, 15) is 13.6 Å². The van der Waals surface area contributed by atoms with E-state index in [0.717, 1.165) is 5.01 Å². The number of halogens is 3. The van der Waals surface area contributed by atoms with Gasteiger partial charge in [0, 0.05) is 11.8 Å². The SMILES string of the molecule is Cl.O=C(NCc1csc(-c2ccco2)n1)C1CC(F)(F)CN1. The summed E-state index contributed by atoms with van der Waals surface area (Å²) in [4.78, 5) is 16.1. The Kier molecular flexibility index (Phi) is 5.15. The average molecular weight is 350 g/mol. The van der Waals surface area contributed by atoms with Gasteiger partial charge in [0.2, 0.25) is 5.91 Å². The molecule has 9 heteroatoms. The molecular weight excluding hydrogens is 336 g/mol. The number of amides is 1. The van der Waals surface area contributed by atoms with Gasteiger partial charge in [-0.25, -0.2) is 13.8 Å². The number of carbonyl (C=O) groups excluding carboxylic acids is 1. The molecule has 1 fully saturated rings. The molecule has 120 valence electrons. The molecule has 3 heterocycles. The summed E-state index contributed by atoms with van der Waals surface area (Å²) in [6, 6.07) is 2.72. The quantitative estimate of drug-likeness (QED) is 0.889. The first-order valence-electron chi connectivity index (χ1n) is 6.41. The lowest BCUT2D eigenvalue weighted by atomic mass is 10.2. The first kappa shape index (κ1) is 16.9. The molecule has 1 unspecified atom stereocenters. The second kappa shape index (κ2) is 6.72. The van der Waals surface area contributed by atoms with Crippen molar-refractivity contribution in [3.63, 3.8) is 0 Å². The van der Waals surface area contributed by atoms with Crippen LogP contribution in [-0.4, -0.2) is 29.4 Å². The normalized spacial score (nSPS) is 19.6. The number of carbonyl (C=O) groups is 1. The zero-order valence-corrected chi connectivity index (χ0v) is 13.0. The first-order valence-corrected chi connectivity index (χ1v) is 7.29. The Hall–Kier alpha value is -1.51. The van der Waals surface area contributed by atoms with E-state index in [1.165, 1.54) is 11.3 Å². The number of hydrogen-bond donors (Lipinski definition) is 2. The molecule has 0 aliphatic carbocycles. The van der Waals surface area contributed by atoms with Gasteiger partial charge >= 0.3 is 0 Å². The molecule has 1 aliphatic heterocycles. The number of aromatic nitrogens is 1. The zero-order valence-electron chi connectivity index (χ0n) is 11.3. The molecule has 1 atom stereocenters. The number of furan rings is 1. The van der Waals surface area contributed by atoms with Crippen molar-refractivity contribution in [1.82, 2.24) is 15.6 Å². The van der Waals surface area contributed by atoms with Gasteiger partial charge < -0.3 is 9.73 Å². The molecular formula is C13H14ClF2N3O2S. The summed E-state index contributed by atoms with van der Waals surface area (Å²) in [6.45, 7) is -0.246. The van der Waals surface area contributed by atoms with Crippen LogP contribution in [0.5, 0.6) is 0 Å². The van der Waals surface area contributed by atoms with Gasteiger partial charge in [-0.2, -0.15) is 0 Å². The van der Waals surface area contributed by atoms with E-state index in [1.807, 2.05) is 0 Å². The van der Waals surface area contributed by atoms with E-state index in [1.54, 1.807) is 23.8 Å². The molecule has 3 rings (SSSR count). The molecule has 22 heavy (non-hydrogen) atoms. The minimum atomic E-state index is -2.81. The highest BCUT2D eigenvalue weighted by Crippen LogP contribution is 2.26. The Labute approximate surface area is 135 Å². The largest absolute Gasteiger partial charge is 0.462 e. The Morgan fingerprint density at radius 2 is 2.41 bits per heavy atom. The number of hydrogen-bond acceptors (Lipinski definition) is 5. The monoisotopic (exact) mass is 349 g/mol. The Morgan fingerprint density at radius 1 is 1.59 bits per heavy atom. The van der Waals surface area contributed by atoms with E-state index in [2.05, 4.69) is 15.6 Å². The van der Waals surface area contributed by atoms with Crippen LogP contribution in [0, 0.1) is 0 Å². The smallest absolute Gasteiger partial charge is 0.262 e. The molecule has 5 nitrogen and oxygen atoms in total. The molecule has 0 aromatic carbocycles. The summed E-state index contributed by atoms with van der Waals surface area (Å²) >= 11 is 1.40. The predicted molar refractivity (Wildman–Crippen MR) is 80.3 cm³/mol. The van der Waals surface area contributed by atoms with Crippen LogP contribution in [0.2, 0.25) is 0 Å². The van der Waals surface area contributed by atoms with E-state index in [-0.39, 0.29) is 19.0 Å². The topological polar surface area (TPSA) is 67.2 Å². The van der Waals surface area contributed by atoms with Crippen LogP contribution < -0.4 is 10.6 Å². The molecule has 0 radical (unpaired) electrons. The van der Waals surface area contributed by atoms with Crippen LogP contribution in [-0.2, 0) is 11.3 Å². The van der Waals surface area contributed by atoms with Crippen molar-refractivity contribution in [2.45, 2.75) is 24.9 Å². The predicted octanol–water partition coefficient (Wildman–Crippen LogP) is 2.44. The van der Waals surface area contributed by atoms with Crippen molar-refractivity contribution in [2.75, 3.05) is 6.54 Å². The fraction of sp³-hybridized carbons (Fsp3) is 0.385. The van der Waals surface area contributed by atoms with Crippen LogP contribution in [0.15, 0.2) is 28.2 Å². The summed E-state index contributed by atoms with van der Waals surface area (Å²) in [5.74, 6) is -2.58. The fourth-order valence-electron chi connectivity index (χ4n) is 2.10. The summed E-state index contributed by atoms with van der Waals surface area (Å²) in [5, 5.41) is 7.65. The van der Waals surface area contributed by atoms with Crippen LogP contribution >= 0.6 is 23.7 Å². The Balaban J connectivity index is 0.00000176. The van der Waals surface area contributed by atoms with Crippen LogP contribution in [0.25, 0.3) is 10.8 Å². The molecule has 2 N–H and O–H groups in total. The highest BCUT2D eigenvalue weighted by Gasteiger charge is 2.42. The minimum Gasteiger partial charge on any atom is -0.462 e. The lowest BCUT2D eigenvalue weighted by molar-refractivity contribution is -0.123. The first-order chi connectivity index (χ1) is 10.0. The molecule has 0 bridgehead atoms. The molecule has 1 aliphatic rings. The maximum atomic E-state index is 13.0. The molecule has 1 saturated heterocycles. The molecule has 2 aromatic rings. The van der Waals surface area contributed by atoms with Gasteiger partial charge in [0.05, 0.1) is 31.1 Å². The van der Waals surface area contributed by atoms with Gasteiger partial charge in [-0.3, -0.25) is 10.1 Å². The van der Waals surface area contributed by atoms with Crippen LogP contribution in [0.1, 0.15) is 12.1 Å². The van der Waals surface area contributed by atoms with Crippen molar-refractivity contribution in [2.24, 2.45) is 0 Å². The summed E-state index contributed by atoms with van der Waals surface area (Å²) in [5.41, 5.74) is 0.671. The third-order valence-corrected chi connectivity index (χ3v) is 4.06. The third-order valence-electron chi connectivity index (χ3n) is 3.15. The van der Waals surface area contributed by atoms with Crippen molar-refractivity contribution in [1.29, 1.82) is 0 Å². The molecule has 0 spiro atoms. The van der Waals surface area contributed by atoms with E-state index in [4.69, 9.17) is 4.42 Å².